The van der Waals surface area contributed by atoms with Crippen molar-refractivity contribution in [3.63, 3.8) is 0 Å². The predicted octanol–water partition coefficient (Wildman–Crippen LogP) is 0.249. The SMILES string of the molecule is CCCCCCCCCC(=O)C[C@]1(O)O[C@H](CO)[C@@H](O)[C@H](O)[C@H]1O. The number of hydrogen-bond acceptors (Lipinski definition) is 7. The first-order chi connectivity index (χ1) is 11.4. The van der Waals surface area contributed by atoms with Crippen molar-refractivity contribution in [2.45, 2.75) is 94.9 Å². The first-order valence-corrected chi connectivity index (χ1v) is 8.92. The van der Waals surface area contributed by atoms with Gasteiger partial charge in [-0.1, -0.05) is 45.4 Å². The smallest absolute Gasteiger partial charge is 0.202 e. The summed E-state index contributed by atoms with van der Waals surface area (Å²) in [5, 5.41) is 48.7. The van der Waals surface area contributed by atoms with Gasteiger partial charge in [-0.2, -0.15) is 0 Å². The molecule has 1 rings (SSSR count). The standard InChI is InChI=1S/C17H32O7/c1-2-3-4-5-6-7-8-9-12(19)10-17(23)16(22)15(21)14(20)13(11-18)24-17/h13-16,18,20-23H,2-11H2,1H3/t13-,14-,15+,16-,17+/m1/s1. The van der Waals surface area contributed by atoms with Gasteiger partial charge in [0.2, 0.25) is 5.79 Å². The molecule has 7 heteroatoms. The first kappa shape index (κ1) is 21.5. The summed E-state index contributed by atoms with van der Waals surface area (Å²) in [4.78, 5) is 12.0. The van der Waals surface area contributed by atoms with Gasteiger partial charge in [0, 0.05) is 6.42 Å². The lowest BCUT2D eigenvalue weighted by Crippen LogP contribution is -2.65. The average Bonchev–Trinajstić information content (AvgIpc) is 2.55. The van der Waals surface area contributed by atoms with Crippen LogP contribution in [0, 0.1) is 0 Å². The molecule has 7 nitrogen and oxygen atoms in total. The van der Waals surface area contributed by atoms with Crippen LogP contribution in [0.2, 0.25) is 0 Å². The van der Waals surface area contributed by atoms with Crippen molar-refractivity contribution in [3.05, 3.63) is 0 Å². The molecule has 0 amide bonds. The highest BCUT2D eigenvalue weighted by Gasteiger charge is 2.53. The fourth-order valence-electron chi connectivity index (χ4n) is 3.02. The van der Waals surface area contributed by atoms with Crippen LogP contribution in [-0.4, -0.2) is 68.1 Å². The average molecular weight is 348 g/mol. The summed E-state index contributed by atoms with van der Waals surface area (Å²) in [6.45, 7) is 1.52. The highest BCUT2D eigenvalue weighted by molar-refractivity contribution is 5.79. The van der Waals surface area contributed by atoms with E-state index in [0.717, 1.165) is 19.3 Å². The maximum Gasteiger partial charge on any atom is 0.202 e. The summed E-state index contributed by atoms with van der Waals surface area (Å²) < 4.78 is 5.09. The highest BCUT2D eigenvalue weighted by atomic mass is 16.7. The number of unbranched alkanes of at least 4 members (excludes halogenated alkanes) is 6. The molecule has 24 heavy (non-hydrogen) atoms. The Morgan fingerprint density at radius 3 is 2.17 bits per heavy atom. The van der Waals surface area contributed by atoms with Gasteiger partial charge in [-0.05, 0) is 6.42 Å². The lowest BCUT2D eigenvalue weighted by molar-refractivity contribution is -0.347. The van der Waals surface area contributed by atoms with Crippen LogP contribution in [0.3, 0.4) is 0 Å². The number of aliphatic hydroxyl groups excluding tert-OH is 4. The van der Waals surface area contributed by atoms with E-state index in [1.807, 2.05) is 0 Å². The van der Waals surface area contributed by atoms with E-state index in [2.05, 4.69) is 6.92 Å². The second-order valence-corrected chi connectivity index (χ2v) is 6.70. The minimum Gasteiger partial charge on any atom is -0.394 e. The minimum absolute atomic E-state index is 0.259. The Kier molecular flexibility index (Phi) is 9.33. The predicted molar refractivity (Wildman–Crippen MR) is 87.2 cm³/mol. The van der Waals surface area contributed by atoms with E-state index in [0.29, 0.717) is 6.42 Å². The zero-order valence-electron chi connectivity index (χ0n) is 14.4. The quantitative estimate of drug-likeness (QED) is 0.339. The van der Waals surface area contributed by atoms with Gasteiger partial charge in [0.1, 0.15) is 30.2 Å². The third-order valence-corrected chi connectivity index (χ3v) is 4.56. The number of ether oxygens (including phenoxy) is 1. The van der Waals surface area contributed by atoms with E-state index >= 15 is 0 Å². The molecule has 0 aliphatic carbocycles. The van der Waals surface area contributed by atoms with Crippen LogP contribution in [0.4, 0.5) is 0 Å². The number of carbonyl (C=O) groups is 1. The Hall–Kier alpha value is -0.570. The van der Waals surface area contributed by atoms with Crippen molar-refractivity contribution in [1.82, 2.24) is 0 Å². The lowest BCUT2D eigenvalue weighted by Gasteiger charge is -2.45. The Labute approximate surface area is 143 Å². The summed E-state index contributed by atoms with van der Waals surface area (Å²) >= 11 is 0. The lowest BCUT2D eigenvalue weighted by atomic mass is 9.89. The van der Waals surface area contributed by atoms with Crippen molar-refractivity contribution in [2.75, 3.05) is 6.61 Å². The van der Waals surface area contributed by atoms with E-state index in [-0.39, 0.29) is 12.2 Å². The molecule has 1 aliphatic rings. The molecule has 1 heterocycles. The van der Waals surface area contributed by atoms with Crippen LogP contribution < -0.4 is 0 Å². The number of ketones is 1. The fraction of sp³-hybridized carbons (Fsp3) is 0.941. The summed E-state index contributed by atoms with van der Waals surface area (Å²) in [5.74, 6) is -2.57. The summed E-state index contributed by atoms with van der Waals surface area (Å²) in [7, 11) is 0. The van der Waals surface area contributed by atoms with Crippen molar-refractivity contribution < 1.29 is 35.1 Å². The summed E-state index contributed by atoms with van der Waals surface area (Å²) in [6, 6.07) is 0. The summed E-state index contributed by atoms with van der Waals surface area (Å²) in [5.41, 5.74) is 0. The molecule has 0 bridgehead atoms. The van der Waals surface area contributed by atoms with Crippen molar-refractivity contribution in [2.24, 2.45) is 0 Å². The van der Waals surface area contributed by atoms with Crippen molar-refractivity contribution >= 4 is 5.78 Å². The molecule has 5 atom stereocenters. The zero-order valence-corrected chi connectivity index (χ0v) is 14.4. The molecule has 142 valence electrons. The normalized spacial score (nSPS) is 33.6. The van der Waals surface area contributed by atoms with E-state index in [1.165, 1.54) is 19.3 Å². The van der Waals surface area contributed by atoms with Gasteiger partial charge in [-0.3, -0.25) is 4.79 Å². The molecule has 0 aromatic carbocycles. The van der Waals surface area contributed by atoms with Gasteiger partial charge in [-0.15, -0.1) is 0 Å². The third-order valence-electron chi connectivity index (χ3n) is 4.56. The molecule has 0 radical (unpaired) electrons. The van der Waals surface area contributed by atoms with E-state index in [1.54, 1.807) is 0 Å². The van der Waals surface area contributed by atoms with Gasteiger partial charge >= 0.3 is 0 Å². The molecule has 1 saturated heterocycles. The number of aliphatic hydroxyl groups is 5. The highest BCUT2D eigenvalue weighted by Crippen LogP contribution is 2.31. The number of Topliss-reactive ketones (excluding diaryl/α,β-unsaturated/α-hetero) is 1. The molecular weight excluding hydrogens is 316 g/mol. The number of hydrogen-bond donors (Lipinski definition) is 5. The van der Waals surface area contributed by atoms with E-state index in [9.17, 15) is 25.2 Å². The second kappa shape index (κ2) is 10.4. The molecule has 0 saturated carbocycles. The van der Waals surface area contributed by atoms with E-state index in [4.69, 9.17) is 9.84 Å². The Morgan fingerprint density at radius 1 is 1.00 bits per heavy atom. The number of rotatable bonds is 11. The molecule has 1 fully saturated rings. The molecule has 5 N–H and O–H groups in total. The molecule has 0 spiro atoms. The van der Waals surface area contributed by atoms with Crippen molar-refractivity contribution in [3.8, 4) is 0 Å². The van der Waals surface area contributed by atoms with Crippen LogP contribution in [0.25, 0.3) is 0 Å². The van der Waals surface area contributed by atoms with Gasteiger partial charge < -0.3 is 30.3 Å². The van der Waals surface area contributed by atoms with Crippen LogP contribution in [-0.2, 0) is 9.53 Å². The molecule has 0 aromatic heterocycles. The molecule has 0 unspecified atom stereocenters. The Balaban J connectivity index is 2.38. The summed E-state index contributed by atoms with van der Waals surface area (Å²) in [6.07, 6.45) is 0.958. The van der Waals surface area contributed by atoms with Gasteiger partial charge in [0.05, 0.1) is 13.0 Å². The van der Waals surface area contributed by atoms with Crippen LogP contribution in [0.5, 0.6) is 0 Å². The molecule has 0 aromatic rings. The Bertz CT molecular complexity index is 374. The maximum absolute atomic E-state index is 12.0. The van der Waals surface area contributed by atoms with E-state index < -0.39 is 43.2 Å². The molecular formula is C17H32O7. The zero-order chi connectivity index (χ0) is 18.2. The maximum atomic E-state index is 12.0. The Morgan fingerprint density at radius 2 is 1.58 bits per heavy atom. The minimum atomic E-state index is -2.29. The van der Waals surface area contributed by atoms with Crippen molar-refractivity contribution in [1.29, 1.82) is 0 Å². The van der Waals surface area contributed by atoms with Crippen LogP contribution in [0.1, 0.15) is 64.7 Å². The number of carbonyl (C=O) groups excluding carboxylic acids is 1. The fourth-order valence-corrected chi connectivity index (χ4v) is 3.02. The van der Waals surface area contributed by atoms with Gasteiger partial charge in [0.15, 0.2) is 0 Å². The largest absolute Gasteiger partial charge is 0.394 e. The van der Waals surface area contributed by atoms with Gasteiger partial charge in [-0.25, -0.2) is 0 Å². The van der Waals surface area contributed by atoms with Gasteiger partial charge in [0.25, 0.3) is 0 Å². The molecule has 1 aliphatic heterocycles. The first-order valence-electron chi connectivity index (χ1n) is 8.92. The van der Waals surface area contributed by atoms with Crippen LogP contribution in [0.15, 0.2) is 0 Å². The second-order valence-electron chi connectivity index (χ2n) is 6.70. The topological polar surface area (TPSA) is 127 Å². The van der Waals surface area contributed by atoms with Crippen LogP contribution >= 0.6 is 0 Å². The monoisotopic (exact) mass is 348 g/mol. The third kappa shape index (κ3) is 6.06.